The van der Waals surface area contributed by atoms with E-state index in [0.29, 0.717) is 17.7 Å². The van der Waals surface area contributed by atoms with Crippen molar-refractivity contribution in [2.75, 3.05) is 12.4 Å². The third-order valence-electron chi connectivity index (χ3n) is 3.18. The molecule has 0 amide bonds. The SMILES string of the molecule is CCC(Nc1ccc(F)c(OC)c1)c1ccccc1F. The molecule has 1 N–H and O–H groups in total. The Labute approximate surface area is 117 Å². The van der Waals surface area contributed by atoms with E-state index in [1.807, 2.05) is 6.92 Å². The van der Waals surface area contributed by atoms with Gasteiger partial charge >= 0.3 is 0 Å². The number of benzene rings is 2. The molecule has 0 saturated carbocycles. The van der Waals surface area contributed by atoms with Crippen molar-refractivity contribution in [3.8, 4) is 5.75 Å². The second kappa shape index (κ2) is 6.37. The first-order valence-corrected chi connectivity index (χ1v) is 6.50. The minimum Gasteiger partial charge on any atom is -0.494 e. The molecule has 20 heavy (non-hydrogen) atoms. The molecule has 2 aromatic rings. The molecule has 0 radical (unpaired) electrons. The van der Waals surface area contributed by atoms with Crippen molar-refractivity contribution in [2.24, 2.45) is 0 Å². The summed E-state index contributed by atoms with van der Waals surface area (Å²) in [5, 5.41) is 3.20. The molecule has 0 heterocycles. The van der Waals surface area contributed by atoms with E-state index in [1.54, 1.807) is 30.3 Å². The molecule has 0 aromatic heterocycles. The summed E-state index contributed by atoms with van der Waals surface area (Å²) < 4.78 is 32.1. The Morgan fingerprint density at radius 3 is 2.50 bits per heavy atom. The summed E-state index contributed by atoms with van der Waals surface area (Å²) in [6, 6.07) is 11.0. The van der Waals surface area contributed by atoms with Crippen molar-refractivity contribution < 1.29 is 13.5 Å². The van der Waals surface area contributed by atoms with Crippen molar-refractivity contribution in [1.29, 1.82) is 0 Å². The second-order valence-corrected chi connectivity index (χ2v) is 4.48. The molecule has 0 bridgehead atoms. The molecule has 2 nitrogen and oxygen atoms in total. The van der Waals surface area contributed by atoms with Crippen molar-refractivity contribution in [1.82, 2.24) is 0 Å². The van der Waals surface area contributed by atoms with Crippen LogP contribution in [0, 0.1) is 11.6 Å². The summed E-state index contributed by atoms with van der Waals surface area (Å²) >= 11 is 0. The average Bonchev–Trinajstić information content (AvgIpc) is 2.47. The highest BCUT2D eigenvalue weighted by atomic mass is 19.1. The van der Waals surface area contributed by atoms with E-state index >= 15 is 0 Å². The zero-order valence-electron chi connectivity index (χ0n) is 11.5. The van der Waals surface area contributed by atoms with Crippen LogP contribution in [0.4, 0.5) is 14.5 Å². The number of nitrogens with one attached hydrogen (secondary N) is 1. The summed E-state index contributed by atoms with van der Waals surface area (Å²) in [5.41, 5.74) is 1.29. The fourth-order valence-corrected chi connectivity index (χ4v) is 2.11. The number of rotatable bonds is 5. The number of hydrogen-bond donors (Lipinski definition) is 1. The second-order valence-electron chi connectivity index (χ2n) is 4.48. The lowest BCUT2D eigenvalue weighted by atomic mass is 10.0. The van der Waals surface area contributed by atoms with Gasteiger partial charge in [-0.2, -0.15) is 0 Å². The first-order valence-electron chi connectivity index (χ1n) is 6.50. The summed E-state index contributed by atoms with van der Waals surface area (Å²) in [6.07, 6.45) is 0.709. The van der Waals surface area contributed by atoms with Crippen LogP contribution in [0.25, 0.3) is 0 Å². The minimum absolute atomic E-state index is 0.165. The van der Waals surface area contributed by atoms with Crippen LogP contribution in [-0.4, -0.2) is 7.11 Å². The van der Waals surface area contributed by atoms with Crippen LogP contribution >= 0.6 is 0 Å². The van der Waals surface area contributed by atoms with E-state index in [-0.39, 0.29) is 17.6 Å². The van der Waals surface area contributed by atoms with Crippen molar-refractivity contribution in [3.63, 3.8) is 0 Å². The maximum Gasteiger partial charge on any atom is 0.165 e. The molecular formula is C16H17F2NO. The molecule has 0 fully saturated rings. The molecule has 2 aromatic carbocycles. The Morgan fingerprint density at radius 1 is 1.10 bits per heavy atom. The van der Waals surface area contributed by atoms with Crippen LogP contribution in [0.1, 0.15) is 24.9 Å². The number of halogens is 2. The number of ether oxygens (including phenoxy) is 1. The molecular weight excluding hydrogens is 260 g/mol. The van der Waals surface area contributed by atoms with Gasteiger partial charge in [-0.05, 0) is 24.6 Å². The van der Waals surface area contributed by atoms with E-state index in [1.165, 1.54) is 19.2 Å². The van der Waals surface area contributed by atoms with E-state index in [2.05, 4.69) is 5.32 Å². The van der Waals surface area contributed by atoms with Gasteiger partial charge in [-0.25, -0.2) is 8.78 Å². The lowest BCUT2D eigenvalue weighted by molar-refractivity contribution is 0.386. The Balaban J connectivity index is 2.25. The zero-order valence-corrected chi connectivity index (χ0v) is 11.5. The third-order valence-corrected chi connectivity index (χ3v) is 3.18. The first kappa shape index (κ1) is 14.3. The monoisotopic (exact) mass is 277 g/mol. The molecule has 0 aliphatic heterocycles. The van der Waals surface area contributed by atoms with Gasteiger partial charge in [-0.1, -0.05) is 25.1 Å². The van der Waals surface area contributed by atoms with E-state index < -0.39 is 5.82 Å². The van der Waals surface area contributed by atoms with Gasteiger partial charge in [0, 0.05) is 17.3 Å². The van der Waals surface area contributed by atoms with Crippen LogP contribution in [0.15, 0.2) is 42.5 Å². The highest BCUT2D eigenvalue weighted by Crippen LogP contribution is 2.27. The molecule has 0 spiro atoms. The molecule has 2 rings (SSSR count). The van der Waals surface area contributed by atoms with Crippen molar-refractivity contribution in [2.45, 2.75) is 19.4 Å². The first-order chi connectivity index (χ1) is 9.65. The van der Waals surface area contributed by atoms with Crippen LogP contribution in [0.3, 0.4) is 0 Å². The number of methoxy groups -OCH3 is 1. The maximum atomic E-state index is 13.8. The number of hydrogen-bond acceptors (Lipinski definition) is 2. The fraction of sp³-hybridized carbons (Fsp3) is 0.250. The summed E-state index contributed by atoms with van der Waals surface area (Å²) in [6.45, 7) is 1.96. The standard InChI is InChI=1S/C16H17F2NO/c1-3-15(12-6-4-5-7-13(12)17)19-11-8-9-14(18)16(10-11)20-2/h4-10,15,19H,3H2,1-2H3. The number of anilines is 1. The molecule has 106 valence electrons. The zero-order chi connectivity index (χ0) is 14.5. The largest absolute Gasteiger partial charge is 0.494 e. The lowest BCUT2D eigenvalue weighted by Crippen LogP contribution is -2.11. The van der Waals surface area contributed by atoms with Crippen LogP contribution in [0.2, 0.25) is 0 Å². The van der Waals surface area contributed by atoms with Crippen LogP contribution in [0.5, 0.6) is 5.75 Å². The molecule has 0 aliphatic rings. The summed E-state index contributed by atoms with van der Waals surface area (Å²) in [7, 11) is 1.41. The van der Waals surface area contributed by atoms with Gasteiger partial charge in [0.05, 0.1) is 13.2 Å². The predicted octanol–water partition coefficient (Wildman–Crippen LogP) is 4.54. The van der Waals surface area contributed by atoms with Crippen LogP contribution < -0.4 is 10.1 Å². The quantitative estimate of drug-likeness (QED) is 0.866. The van der Waals surface area contributed by atoms with Crippen molar-refractivity contribution in [3.05, 3.63) is 59.7 Å². The van der Waals surface area contributed by atoms with Crippen molar-refractivity contribution >= 4 is 5.69 Å². The third kappa shape index (κ3) is 3.07. The van der Waals surface area contributed by atoms with Gasteiger partial charge in [0.15, 0.2) is 11.6 Å². The molecule has 4 heteroatoms. The Morgan fingerprint density at radius 2 is 1.85 bits per heavy atom. The normalized spacial score (nSPS) is 12.0. The molecule has 0 aliphatic carbocycles. The van der Waals surface area contributed by atoms with Gasteiger partial charge in [-0.15, -0.1) is 0 Å². The van der Waals surface area contributed by atoms with Gasteiger partial charge in [0.1, 0.15) is 5.82 Å². The lowest BCUT2D eigenvalue weighted by Gasteiger charge is -2.19. The Hall–Kier alpha value is -2.10. The summed E-state index contributed by atoms with van der Waals surface area (Å²) in [5.74, 6) is -0.503. The smallest absolute Gasteiger partial charge is 0.165 e. The van der Waals surface area contributed by atoms with Gasteiger partial charge in [0.2, 0.25) is 0 Å². The highest BCUT2D eigenvalue weighted by molar-refractivity contribution is 5.50. The van der Waals surface area contributed by atoms with Crippen LogP contribution in [-0.2, 0) is 0 Å². The highest BCUT2D eigenvalue weighted by Gasteiger charge is 2.14. The maximum absolute atomic E-state index is 13.8. The fourth-order valence-electron chi connectivity index (χ4n) is 2.11. The summed E-state index contributed by atoms with van der Waals surface area (Å²) in [4.78, 5) is 0. The molecule has 0 saturated heterocycles. The molecule has 1 unspecified atom stereocenters. The molecule has 1 atom stereocenters. The Bertz CT molecular complexity index is 586. The van der Waals surface area contributed by atoms with E-state index in [4.69, 9.17) is 4.74 Å². The van der Waals surface area contributed by atoms with Gasteiger partial charge in [0.25, 0.3) is 0 Å². The van der Waals surface area contributed by atoms with Gasteiger partial charge in [-0.3, -0.25) is 0 Å². The Kier molecular flexibility index (Phi) is 4.56. The minimum atomic E-state index is -0.419. The van der Waals surface area contributed by atoms with Gasteiger partial charge < -0.3 is 10.1 Å². The van der Waals surface area contributed by atoms with E-state index in [0.717, 1.165) is 0 Å². The average molecular weight is 277 g/mol. The predicted molar refractivity (Wildman–Crippen MR) is 76.0 cm³/mol. The topological polar surface area (TPSA) is 21.3 Å². The van der Waals surface area contributed by atoms with E-state index in [9.17, 15) is 8.78 Å².